The molecule has 0 saturated heterocycles. The molecule has 1 rings (SSSR count). The van der Waals surface area contributed by atoms with Gasteiger partial charge in [0.05, 0.1) is 18.0 Å². The van der Waals surface area contributed by atoms with Gasteiger partial charge in [0.15, 0.2) is 6.61 Å². The van der Waals surface area contributed by atoms with Crippen molar-refractivity contribution >= 4 is 11.6 Å². The van der Waals surface area contributed by atoms with Gasteiger partial charge in [-0.25, -0.2) is 4.98 Å². The lowest BCUT2D eigenvalue weighted by molar-refractivity contribution is -0.154. The summed E-state index contributed by atoms with van der Waals surface area (Å²) < 4.78 is 40.2. The summed E-state index contributed by atoms with van der Waals surface area (Å²) in [5, 5.41) is 11.5. The lowest BCUT2D eigenvalue weighted by Gasteiger charge is -2.09. The minimum atomic E-state index is -4.42. The van der Waals surface area contributed by atoms with E-state index in [9.17, 15) is 18.0 Å². The van der Waals surface area contributed by atoms with E-state index in [1.807, 2.05) is 0 Å². The van der Waals surface area contributed by atoms with Gasteiger partial charge >= 0.3 is 6.18 Å². The number of ether oxygens (including phenoxy) is 1. The summed E-state index contributed by atoms with van der Waals surface area (Å²) in [6.07, 6.45) is -3.32. The molecular formula is C12H15F3N2O3. The number of pyridine rings is 1. The number of nitrogens with zero attached hydrogens (tertiary/aromatic N) is 1. The highest BCUT2D eigenvalue weighted by molar-refractivity contribution is 5.90. The second kappa shape index (κ2) is 7.09. The number of carbonyl (C=O) groups excluding carboxylic acids is 1. The van der Waals surface area contributed by atoms with Crippen molar-refractivity contribution < 1.29 is 27.8 Å². The summed E-state index contributed by atoms with van der Waals surface area (Å²) in [4.78, 5) is 15.1. The van der Waals surface area contributed by atoms with Gasteiger partial charge in [0.2, 0.25) is 11.8 Å². The summed E-state index contributed by atoms with van der Waals surface area (Å²) in [6, 6.07) is 2.62. The molecule has 1 atom stereocenters. The fraction of sp³-hybridized carbons (Fsp3) is 0.500. The number of hydrogen-bond acceptors (Lipinski definition) is 4. The maximum Gasteiger partial charge on any atom is 0.422 e. The average Bonchev–Trinajstić information content (AvgIpc) is 2.34. The van der Waals surface area contributed by atoms with Gasteiger partial charge < -0.3 is 15.2 Å². The molecule has 0 bridgehead atoms. The van der Waals surface area contributed by atoms with Gasteiger partial charge in [-0.2, -0.15) is 13.2 Å². The summed E-state index contributed by atoms with van der Waals surface area (Å²) in [6.45, 7) is 0.154. The van der Waals surface area contributed by atoms with Crippen LogP contribution in [-0.4, -0.2) is 34.9 Å². The Labute approximate surface area is 113 Å². The Balaban J connectivity index is 2.44. The first kappa shape index (κ1) is 16.2. The fourth-order valence-electron chi connectivity index (χ4n) is 1.26. The molecule has 112 valence electrons. The number of aliphatic hydroxyl groups excluding tert-OH is 1. The number of anilines is 1. The molecule has 0 radical (unpaired) electrons. The predicted molar refractivity (Wildman–Crippen MR) is 65.3 cm³/mol. The van der Waals surface area contributed by atoms with E-state index in [1.54, 1.807) is 6.92 Å². The quantitative estimate of drug-likeness (QED) is 0.842. The van der Waals surface area contributed by atoms with Crippen LogP contribution in [0.5, 0.6) is 5.88 Å². The number of aliphatic hydroxyl groups is 1. The highest BCUT2D eigenvalue weighted by atomic mass is 19.4. The molecule has 0 saturated carbocycles. The largest absolute Gasteiger partial charge is 0.468 e. The molecule has 1 aromatic heterocycles. The first-order valence-corrected chi connectivity index (χ1v) is 5.90. The molecule has 0 aliphatic rings. The summed E-state index contributed by atoms with van der Waals surface area (Å²) in [7, 11) is 0. The van der Waals surface area contributed by atoms with Crippen LogP contribution >= 0.6 is 0 Å². The molecule has 0 aliphatic carbocycles. The van der Waals surface area contributed by atoms with Crippen LogP contribution in [0.3, 0.4) is 0 Å². The van der Waals surface area contributed by atoms with Gasteiger partial charge in [-0.15, -0.1) is 0 Å². The molecular weight excluding hydrogens is 277 g/mol. The SMILES string of the molecule is CC(O)CCC(=O)Nc1ccc(OCC(F)(F)F)nc1. The predicted octanol–water partition coefficient (Wildman–Crippen LogP) is 2.12. The number of amides is 1. The number of alkyl halides is 3. The van der Waals surface area contributed by atoms with Crippen molar-refractivity contribution in [3.8, 4) is 5.88 Å². The summed E-state index contributed by atoms with van der Waals surface area (Å²) in [5.41, 5.74) is 0.347. The van der Waals surface area contributed by atoms with Gasteiger partial charge in [-0.1, -0.05) is 0 Å². The average molecular weight is 292 g/mol. The Morgan fingerprint density at radius 3 is 2.70 bits per heavy atom. The number of rotatable bonds is 6. The monoisotopic (exact) mass is 292 g/mol. The number of hydrogen-bond donors (Lipinski definition) is 2. The lowest BCUT2D eigenvalue weighted by Crippen LogP contribution is -2.19. The van der Waals surface area contributed by atoms with Gasteiger partial charge in [-0.05, 0) is 19.4 Å². The van der Waals surface area contributed by atoms with Crippen molar-refractivity contribution in [2.24, 2.45) is 0 Å². The number of halogens is 3. The number of aromatic nitrogens is 1. The van der Waals surface area contributed by atoms with E-state index in [0.29, 0.717) is 12.1 Å². The molecule has 20 heavy (non-hydrogen) atoms. The third kappa shape index (κ3) is 6.93. The van der Waals surface area contributed by atoms with Crippen LogP contribution in [0.4, 0.5) is 18.9 Å². The van der Waals surface area contributed by atoms with E-state index in [4.69, 9.17) is 5.11 Å². The zero-order chi connectivity index (χ0) is 15.2. The van der Waals surface area contributed by atoms with Crippen LogP contribution < -0.4 is 10.1 Å². The van der Waals surface area contributed by atoms with Crippen molar-refractivity contribution in [1.82, 2.24) is 4.98 Å². The molecule has 0 aromatic carbocycles. The van der Waals surface area contributed by atoms with Crippen LogP contribution in [0.15, 0.2) is 18.3 Å². The third-order valence-electron chi connectivity index (χ3n) is 2.19. The molecule has 0 fully saturated rings. The van der Waals surface area contributed by atoms with E-state index in [1.165, 1.54) is 18.3 Å². The molecule has 1 unspecified atom stereocenters. The smallest absolute Gasteiger partial charge is 0.422 e. The Hall–Kier alpha value is -1.83. The van der Waals surface area contributed by atoms with E-state index in [0.717, 1.165) is 0 Å². The second-order valence-corrected chi connectivity index (χ2v) is 4.22. The molecule has 0 spiro atoms. The van der Waals surface area contributed by atoms with E-state index < -0.39 is 18.9 Å². The maximum atomic E-state index is 11.9. The van der Waals surface area contributed by atoms with Crippen molar-refractivity contribution in [3.05, 3.63) is 18.3 Å². The van der Waals surface area contributed by atoms with Crippen LogP contribution in [0.25, 0.3) is 0 Å². The van der Waals surface area contributed by atoms with Crippen molar-refractivity contribution in [2.75, 3.05) is 11.9 Å². The fourth-order valence-corrected chi connectivity index (χ4v) is 1.26. The number of carbonyl (C=O) groups is 1. The van der Waals surface area contributed by atoms with E-state index in [-0.39, 0.29) is 18.2 Å². The molecule has 1 aromatic rings. The summed E-state index contributed by atoms with van der Waals surface area (Å²) in [5.74, 6) is -0.485. The molecule has 1 amide bonds. The minimum Gasteiger partial charge on any atom is -0.468 e. The normalized spacial score (nSPS) is 12.8. The molecule has 5 nitrogen and oxygen atoms in total. The zero-order valence-corrected chi connectivity index (χ0v) is 10.8. The molecule has 0 aliphatic heterocycles. The molecule has 1 heterocycles. The van der Waals surface area contributed by atoms with Gasteiger partial charge in [0.25, 0.3) is 0 Å². The first-order chi connectivity index (χ1) is 9.26. The third-order valence-corrected chi connectivity index (χ3v) is 2.19. The molecule has 8 heteroatoms. The Bertz CT molecular complexity index is 433. The van der Waals surface area contributed by atoms with Gasteiger partial charge in [0.1, 0.15) is 0 Å². The second-order valence-electron chi connectivity index (χ2n) is 4.22. The Morgan fingerprint density at radius 1 is 1.50 bits per heavy atom. The highest BCUT2D eigenvalue weighted by Crippen LogP contribution is 2.18. The van der Waals surface area contributed by atoms with E-state index in [2.05, 4.69) is 15.0 Å². The first-order valence-electron chi connectivity index (χ1n) is 5.90. The van der Waals surface area contributed by atoms with E-state index >= 15 is 0 Å². The Kier molecular flexibility index (Phi) is 5.75. The highest BCUT2D eigenvalue weighted by Gasteiger charge is 2.28. The van der Waals surface area contributed by atoms with Crippen LogP contribution in [0.2, 0.25) is 0 Å². The standard InChI is InChI=1S/C12H15F3N2O3/c1-8(18)2-4-10(19)17-9-3-5-11(16-6-9)20-7-12(13,14)15/h3,5-6,8,18H,2,4,7H2,1H3,(H,17,19). The van der Waals surface area contributed by atoms with Crippen molar-refractivity contribution in [1.29, 1.82) is 0 Å². The number of nitrogens with one attached hydrogen (secondary N) is 1. The van der Waals surface area contributed by atoms with Crippen LogP contribution in [-0.2, 0) is 4.79 Å². The Morgan fingerprint density at radius 2 is 2.20 bits per heavy atom. The van der Waals surface area contributed by atoms with Gasteiger partial charge in [-0.3, -0.25) is 4.79 Å². The van der Waals surface area contributed by atoms with Crippen molar-refractivity contribution in [2.45, 2.75) is 32.0 Å². The van der Waals surface area contributed by atoms with Gasteiger partial charge in [0, 0.05) is 12.5 Å². The van der Waals surface area contributed by atoms with Crippen LogP contribution in [0, 0.1) is 0 Å². The zero-order valence-electron chi connectivity index (χ0n) is 10.8. The summed E-state index contributed by atoms with van der Waals surface area (Å²) >= 11 is 0. The topological polar surface area (TPSA) is 71.5 Å². The molecule has 2 N–H and O–H groups in total. The van der Waals surface area contributed by atoms with Crippen molar-refractivity contribution in [3.63, 3.8) is 0 Å². The minimum absolute atomic E-state index is 0.143. The lowest BCUT2D eigenvalue weighted by atomic mass is 10.2. The van der Waals surface area contributed by atoms with Crippen LogP contribution in [0.1, 0.15) is 19.8 Å². The maximum absolute atomic E-state index is 11.9.